The van der Waals surface area contributed by atoms with Crippen molar-refractivity contribution in [3.8, 4) is 0 Å². The standard InChI is InChI=1S/C37H63BrO5.C26H27BrF14O5.C19H24BrF3O6.C6H7F7O.C2H2F4O/c1-5-6-7-8-9-10-11-12-13-14-15-16-17-18-19-20-21-25-28-42-35(41)37(4,30-39)31-43-34(40)36(2,3)29-33(38)32-26-23-22-24-27-32;1-18(2,10-15(27)14-8-6-5-7-9-14)16(43)45-12-19(3,11-42)17(44)46-13-21(30,31)23(34,35)25(38,39)26(40,41)24(36,37)22(32,33)20(4,28)29;1-17(2,9-14(20)13-7-5-4-6-8-13)15(25)27-11-18(3,10-24)16(26)28-12-19(21,22)29-23;1-4(8,9)2-5(10,11)14-6(12,13)3-7;3-1-2(4,5)7-6/h22-24,26-27,33,39H,5-21,25,28-31H2,1-4H3;5-9,15,42H,10-13H2,1-4H3;4-8,14,24H,9-12H2,1-3H3;2-3H2,1H3;1H2. The third kappa shape index (κ3) is 46.3. The minimum atomic E-state index is -8.25. The average Bonchev–Trinajstić information content (AvgIpc) is 0.699. The molecular formula is C90H123Br3F28O18. The van der Waals surface area contributed by atoms with Gasteiger partial charge in [0.05, 0.1) is 42.7 Å². The molecule has 0 bridgehead atoms. The average molecular weight is 2260 g/mol. The van der Waals surface area contributed by atoms with Crippen LogP contribution in [0.2, 0.25) is 0 Å². The fourth-order valence-corrected chi connectivity index (χ4v) is 14.9. The molecule has 3 rings (SSSR count). The largest absolute Gasteiger partial charge is 0.465 e. The molecule has 808 valence electrons. The van der Waals surface area contributed by atoms with Gasteiger partial charge in [0.1, 0.15) is 42.5 Å². The van der Waals surface area contributed by atoms with Gasteiger partial charge >= 0.3 is 102 Å². The lowest BCUT2D eigenvalue weighted by molar-refractivity contribution is -0.441. The Balaban J connectivity index is 0. The number of hydrogen-bond donors (Lipinski definition) is 3. The van der Waals surface area contributed by atoms with Crippen LogP contribution in [-0.4, -0.2) is 196 Å². The quantitative estimate of drug-likeness (QED) is 0.0156. The number of aliphatic hydroxyl groups is 3. The van der Waals surface area contributed by atoms with Gasteiger partial charge in [0.15, 0.2) is 26.6 Å². The van der Waals surface area contributed by atoms with Crippen LogP contribution in [0.3, 0.4) is 0 Å². The van der Waals surface area contributed by atoms with Crippen molar-refractivity contribution < 1.29 is 210 Å². The predicted molar refractivity (Wildman–Crippen MR) is 462 cm³/mol. The summed E-state index contributed by atoms with van der Waals surface area (Å²) in [6, 6.07) is 27.8. The number of unbranched alkanes of at least 4 members (excludes halogenated alkanes) is 17. The number of benzene rings is 3. The van der Waals surface area contributed by atoms with Crippen LogP contribution in [0, 0.1) is 32.5 Å². The van der Waals surface area contributed by atoms with Crippen LogP contribution in [0.5, 0.6) is 0 Å². The zero-order chi connectivity index (χ0) is 108. The minimum Gasteiger partial charge on any atom is -0.465 e. The lowest BCUT2D eigenvalue weighted by Crippen LogP contribution is -2.73. The molecule has 0 aliphatic rings. The zero-order valence-electron chi connectivity index (χ0n) is 78.4. The Morgan fingerprint density at radius 1 is 0.309 bits per heavy atom. The summed E-state index contributed by atoms with van der Waals surface area (Å²) in [6.45, 7) is 0.286. The summed E-state index contributed by atoms with van der Waals surface area (Å²) < 4.78 is 387. The minimum absolute atomic E-state index is 0.000174. The maximum absolute atomic E-state index is 14.2. The number of halogens is 31. The number of ether oxygens (including phenoxy) is 7. The van der Waals surface area contributed by atoms with Crippen LogP contribution >= 0.6 is 47.8 Å². The maximum atomic E-state index is 14.2. The fourth-order valence-electron chi connectivity index (χ4n) is 11.6. The monoisotopic (exact) mass is 2260 g/mol. The van der Waals surface area contributed by atoms with Crippen molar-refractivity contribution in [3.63, 3.8) is 0 Å². The lowest BCUT2D eigenvalue weighted by atomic mass is 9.86. The summed E-state index contributed by atoms with van der Waals surface area (Å²) >= 11 is 10.6. The first kappa shape index (κ1) is 135. The SMILES string of the molecule is CC(C)(CC(Br)c1ccccc1)C(=O)OCC(C)(CO)C(=O)OCC(F)(F)C(F)(F)C(F)(F)C(F)(F)C(F)(F)C(F)(F)C(C)(F)F.CC(C)(CC(Br)c1ccccc1)C(=O)OCC(C)(CO)C(=O)OCC(F)(F)OF.CC(F)(F)CC(F)(F)OC(F)(F)CF.CCCCCCCCCCCCCCCCCCCCOC(=O)C(C)(CO)COC(=O)C(C)(C)CC(Br)c1ccccc1.FCC(F)(F)OF. The molecule has 3 N–H and O–H groups in total. The normalized spacial score (nSPS) is 15.0. The highest BCUT2D eigenvalue weighted by atomic mass is 79.9. The molecule has 0 saturated heterocycles. The Bertz CT molecular complexity index is 4010. The van der Waals surface area contributed by atoms with Crippen LogP contribution in [0.1, 0.15) is 256 Å². The molecule has 0 saturated carbocycles. The molecule has 0 spiro atoms. The van der Waals surface area contributed by atoms with Gasteiger partial charge in [0.25, 0.3) is 5.92 Å². The topological polar surface area (TPSA) is 246 Å². The molecule has 6 atom stereocenters. The van der Waals surface area contributed by atoms with Crippen molar-refractivity contribution in [1.29, 1.82) is 0 Å². The van der Waals surface area contributed by atoms with E-state index in [1.807, 2.05) is 79.5 Å². The van der Waals surface area contributed by atoms with E-state index in [9.17, 15) is 167 Å². The summed E-state index contributed by atoms with van der Waals surface area (Å²) in [5, 5.41) is 28.9. The van der Waals surface area contributed by atoms with Gasteiger partial charge in [-0.05, 0) is 121 Å². The third-order valence-electron chi connectivity index (χ3n) is 20.7. The molecule has 0 aliphatic carbocycles. The molecule has 6 unspecified atom stereocenters. The van der Waals surface area contributed by atoms with Crippen LogP contribution < -0.4 is 0 Å². The highest BCUT2D eigenvalue weighted by molar-refractivity contribution is 9.09. The molecule has 0 heterocycles. The molecule has 0 aliphatic heterocycles. The van der Waals surface area contributed by atoms with E-state index in [2.05, 4.69) is 73.9 Å². The number of hydrogen-bond acceptors (Lipinski definition) is 18. The van der Waals surface area contributed by atoms with E-state index in [-0.39, 0.29) is 29.6 Å². The number of carbonyl (C=O) groups is 6. The Morgan fingerprint density at radius 2 is 0.561 bits per heavy atom. The van der Waals surface area contributed by atoms with E-state index in [1.165, 1.54) is 117 Å². The number of alkyl halides is 29. The molecule has 49 heteroatoms. The van der Waals surface area contributed by atoms with Gasteiger partial charge in [-0.25, -0.2) is 17.6 Å². The second-order valence-corrected chi connectivity index (χ2v) is 39.2. The lowest BCUT2D eigenvalue weighted by Gasteiger charge is -2.42. The van der Waals surface area contributed by atoms with Crippen molar-refractivity contribution in [2.75, 3.05) is 72.8 Å². The van der Waals surface area contributed by atoms with E-state index in [0.29, 0.717) is 26.4 Å². The van der Waals surface area contributed by atoms with Crippen LogP contribution in [0.15, 0.2) is 91.0 Å². The van der Waals surface area contributed by atoms with Gasteiger partial charge in [0, 0.05) is 21.4 Å². The highest BCUT2D eigenvalue weighted by Crippen LogP contribution is 2.62. The predicted octanol–water partition coefficient (Wildman–Crippen LogP) is 27.5. The smallest absolute Gasteiger partial charge is 0.419 e. The summed E-state index contributed by atoms with van der Waals surface area (Å²) in [7, 11) is 0. The summed E-state index contributed by atoms with van der Waals surface area (Å²) in [5.41, 5.74) is -5.96. The van der Waals surface area contributed by atoms with Crippen LogP contribution in [0.25, 0.3) is 0 Å². The summed E-state index contributed by atoms with van der Waals surface area (Å²) in [4.78, 5) is 78.8. The van der Waals surface area contributed by atoms with Crippen molar-refractivity contribution in [1.82, 2.24) is 0 Å². The third-order valence-corrected chi connectivity index (χ3v) is 23.3. The summed E-state index contributed by atoms with van der Waals surface area (Å²) in [6.07, 6.45) is 4.21. The van der Waals surface area contributed by atoms with E-state index in [4.69, 9.17) is 18.9 Å². The van der Waals surface area contributed by atoms with E-state index in [0.717, 1.165) is 36.0 Å². The second-order valence-electron chi connectivity index (χ2n) is 35.9. The number of esters is 6. The number of carbonyl (C=O) groups excluding carboxylic acids is 6. The van der Waals surface area contributed by atoms with E-state index >= 15 is 0 Å². The van der Waals surface area contributed by atoms with Gasteiger partial charge in [-0.15, -0.1) is 9.88 Å². The van der Waals surface area contributed by atoms with Crippen LogP contribution in [-0.2, 0) is 71.8 Å². The number of aliphatic hydroxyl groups excluding tert-OH is 3. The van der Waals surface area contributed by atoms with Gasteiger partial charge in [-0.1, -0.05) is 255 Å². The molecule has 18 nitrogen and oxygen atoms in total. The van der Waals surface area contributed by atoms with Crippen molar-refractivity contribution in [2.45, 2.75) is 311 Å². The zero-order valence-corrected chi connectivity index (χ0v) is 83.2. The van der Waals surface area contributed by atoms with Crippen molar-refractivity contribution in [2.24, 2.45) is 32.5 Å². The van der Waals surface area contributed by atoms with Gasteiger partial charge in [-0.2, -0.15) is 96.6 Å². The van der Waals surface area contributed by atoms with E-state index < -0.39 is 218 Å². The van der Waals surface area contributed by atoms with E-state index in [1.54, 1.807) is 51.1 Å². The van der Waals surface area contributed by atoms with Gasteiger partial charge in [-0.3, -0.25) is 33.5 Å². The molecule has 3 aromatic rings. The Morgan fingerprint density at radius 3 is 0.813 bits per heavy atom. The molecule has 0 amide bonds. The maximum Gasteiger partial charge on any atom is 0.419 e. The molecule has 0 radical (unpaired) electrons. The Hall–Kier alpha value is -6.28. The van der Waals surface area contributed by atoms with Gasteiger partial charge in [0.2, 0.25) is 0 Å². The highest BCUT2D eigenvalue weighted by Gasteiger charge is 2.92. The Kier molecular flexibility index (Phi) is 57.6. The molecule has 0 aromatic heterocycles. The fraction of sp³-hybridized carbons (Fsp3) is 0.733. The number of rotatable bonds is 61. The van der Waals surface area contributed by atoms with Crippen LogP contribution in [0.4, 0.5) is 123 Å². The molecule has 139 heavy (non-hydrogen) atoms. The molecule has 3 aromatic carbocycles. The van der Waals surface area contributed by atoms with Crippen molar-refractivity contribution >= 4 is 83.6 Å². The first-order valence-corrected chi connectivity index (χ1v) is 46.1. The first-order valence-electron chi connectivity index (χ1n) is 43.3. The molecule has 0 fully saturated rings. The first-order chi connectivity index (χ1) is 63.4. The second kappa shape index (κ2) is 59.4. The molecular weight excluding hydrogens is 2140 g/mol. The summed E-state index contributed by atoms with van der Waals surface area (Å²) in [5.74, 6) is -62.7. The Labute approximate surface area is 813 Å². The van der Waals surface area contributed by atoms with Crippen molar-refractivity contribution in [3.05, 3.63) is 108 Å². The van der Waals surface area contributed by atoms with Gasteiger partial charge < -0.3 is 43.7 Å².